The highest BCUT2D eigenvalue weighted by molar-refractivity contribution is 7.99. The Labute approximate surface area is 126 Å². The first-order valence-electron chi connectivity index (χ1n) is 7.74. The van der Waals surface area contributed by atoms with Crippen molar-refractivity contribution in [3.8, 4) is 0 Å². The summed E-state index contributed by atoms with van der Waals surface area (Å²) in [5, 5.41) is 6.95. The van der Waals surface area contributed by atoms with E-state index in [0.717, 1.165) is 43.5 Å². The molecule has 1 fully saturated rings. The van der Waals surface area contributed by atoms with Gasteiger partial charge in [-0.1, -0.05) is 13.8 Å². The maximum Gasteiger partial charge on any atom is 0.134 e. The van der Waals surface area contributed by atoms with Gasteiger partial charge in [0.05, 0.1) is 0 Å². The van der Waals surface area contributed by atoms with E-state index in [1.807, 2.05) is 0 Å². The molecule has 0 radical (unpaired) electrons. The van der Waals surface area contributed by atoms with E-state index in [9.17, 15) is 0 Å². The number of nitrogens with zero attached hydrogens (tertiary/aromatic N) is 2. The normalized spacial score (nSPS) is 16.1. The Morgan fingerprint density at radius 3 is 2.50 bits per heavy atom. The van der Waals surface area contributed by atoms with Crippen LogP contribution in [0, 0.1) is 5.92 Å². The molecule has 2 rings (SSSR count). The molecule has 0 unspecified atom stereocenters. The Hall–Kier alpha value is -0.970. The van der Waals surface area contributed by atoms with Crippen LogP contribution in [0.15, 0.2) is 6.33 Å². The van der Waals surface area contributed by atoms with Crippen LogP contribution in [0.1, 0.15) is 38.7 Å². The fourth-order valence-electron chi connectivity index (χ4n) is 2.49. The van der Waals surface area contributed by atoms with Crippen LogP contribution in [0.25, 0.3) is 0 Å². The Morgan fingerprint density at radius 1 is 1.15 bits per heavy atom. The zero-order valence-corrected chi connectivity index (χ0v) is 13.4. The molecule has 4 nitrogen and oxygen atoms in total. The smallest absolute Gasteiger partial charge is 0.134 e. The molecule has 0 aliphatic carbocycles. The van der Waals surface area contributed by atoms with E-state index in [1.165, 1.54) is 29.9 Å². The maximum absolute atomic E-state index is 4.44. The first-order valence-corrected chi connectivity index (χ1v) is 8.90. The van der Waals surface area contributed by atoms with Crippen LogP contribution in [-0.4, -0.2) is 34.6 Å². The summed E-state index contributed by atoms with van der Waals surface area (Å²) < 4.78 is 0. The monoisotopic (exact) mass is 294 g/mol. The lowest BCUT2D eigenvalue weighted by molar-refractivity contribution is 0.515. The molecule has 1 saturated heterocycles. The average molecular weight is 294 g/mol. The van der Waals surface area contributed by atoms with Gasteiger partial charge in [0.2, 0.25) is 0 Å². The van der Waals surface area contributed by atoms with Gasteiger partial charge in [0.25, 0.3) is 0 Å². The van der Waals surface area contributed by atoms with Crippen LogP contribution in [0.5, 0.6) is 0 Å². The molecular formula is C15H26N4S. The Balaban J connectivity index is 1.98. The molecule has 5 heteroatoms. The number of anilines is 2. The topological polar surface area (TPSA) is 49.8 Å². The lowest BCUT2D eigenvalue weighted by Crippen LogP contribution is -2.20. The summed E-state index contributed by atoms with van der Waals surface area (Å²) in [6.45, 7) is 6.33. The van der Waals surface area contributed by atoms with E-state index in [2.05, 4.69) is 46.2 Å². The molecule has 0 aromatic carbocycles. The van der Waals surface area contributed by atoms with Crippen molar-refractivity contribution in [1.29, 1.82) is 0 Å². The van der Waals surface area contributed by atoms with Gasteiger partial charge in [-0.25, -0.2) is 9.97 Å². The number of nitrogens with one attached hydrogen (secondary N) is 2. The standard InChI is InChI=1S/C15H26N4S/c1-3-7-16-14-13(4-2)15(19-11-18-14)17-10-12-5-8-20-9-6-12/h11-12H,3-10H2,1-2H3,(H2,16,17,18,19). The van der Waals surface area contributed by atoms with Crippen LogP contribution in [0.3, 0.4) is 0 Å². The van der Waals surface area contributed by atoms with Crippen molar-refractivity contribution in [3.05, 3.63) is 11.9 Å². The number of aromatic nitrogens is 2. The molecule has 2 N–H and O–H groups in total. The zero-order chi connectivity index (χ0) is 14.2. The van der Waals surface area contributed by atoms with E-state index < -0.39 is 0 Å². The van der Waals surface area contributed by atoms with Crippen molar-refractivity contribution < 1.29 is 0 Å². The van der Waals surface area contributed by atoms with E-state index in [-0.39, 0.29) is 0 Å². The van der Waals surface area contributed by atoms with Gasteiger partial charge in [-0.15, -0.1) is 0 Å². The average Bonchev–Trinajstić information content (AvgIpc) is 2.51. The van der Waals surface area contributed by atoms with Gasteiger partial charge < -0.3 is 10.6 Å². The Bertz CT molecular complexity index is 405. The largest absolute Gasteiger partial charge is 0.370 e. The second-order valence-electron chi connectivity index (χ2n) is 5.27. The van der Waals surface area contributed by atoms with E-state index in [1.54, 1.807) is 6.33 Å². The number of thioether (sulfide) groups is 1. The predicted molar refractivity (Wildman–Crippen MR) is 88.7 cm³/mol. The molecule has 0 amide bonds. The highest BCUT2D eigenvalue weighted by atomic mass is 32.2. The quantitative estimate of drug-likeness (QED) is 0.807. The van der Waals surface area contributed by atoms with Crippen molar-refractivity contribution >= 4 is 23.4 Å². The highest BCUT2D eigenvalue weighted by Gasteiger charge is 2.15. The SMILES string of the molecule is CCCNc1ncnc(NCC2CCSCC2)c1CC. The Morgan fingerprint density at radius 2 is 1.85 bits per heavy atom. The molecule has 1 aliphatic rings. The molecule has 20 heavy (non-hydrogen) atoms. The van der Waals surface area contributed by atoms with Crippen molar-refractivity contribution in [2.24, 2.45) is 5.92 Å². The Kier molecular flexibility index (Phi) is 6.43. The van der Waals surface area contributed by atoms with Gasteiger partial charge in [0.15, 0.2) is 0 Å². The first kappa shape index (κ1) is 15.4. The molecule has 0 spiro atoms. The van der Waals surface area contributed by atoms with Crippen molar-refractivity contribution in [2.75, 3.05) is 35.2 Å². The minimum absolute atomic E-state index is 0.794. The molecule has 1 aromatic heterocycles. The predicted octanol–water partition coefficient (Wildman–Crippen LogP) is 3.42. The summed E-state index contributed by atoms with van der Waals surface area (Å²) in [7, 11) is 0. The summed E-state index contributed by atoms with van der Waals surface area (Å²) in [5.74, 6) is 5.41. The lowest BCUT2D eigenvalue weighted by Gasteiger charge is -2.22. The van der Waals surface area contributed by atoms with Crippen LogP contribution in [0.2, 0.25) is 0 Å². The summed E-state index contributed by atoms with van der Waals surface area (Å²) in [6.07, 6.45) is 6.37. The first-order chi connectivity index (χ1) is 9.85. The molecule has 0 bridgehead atoms. The number of rotatable bonds is 7. The second-order valence-corrected chi connectivity index (χ2v) is 6.49. The third-order valence-corrected chi connectivity index (χ3v) is 4.79. The van der Waals surface area contributed by atoms with Crippen LogP contribution in [-0.2, 0) is 6.42 Å². The minimum Gasteiger partial charge on any atom is -0.370 e. The van der Waals surface area contributed by atoms with E-state index in [0.29, 0.717) is 0 Å². The van der Waals surface area contributed by atoms with Crippen molar-refractivity contribution in [3.63, 3.8) is 0 Å². The van der Waals surface area contributed by atoms with Crippen LogP contribution >= 0.6 is 11.8 Å². The van der Waals surface area contributed by atoms with Crippen LogP contribution in [0.4, 0.5) is 11.6 Å². The fourth-order valence-corrected chi connectivity index (χ4v) is 3.69. The molecule has 0 atom stereocenters. The van der Waals surface area contributed by atoms with Crippen molar-refractivity contribution in [1.82, 2.24) is 9.97 Å². The number of hydrogen-bond acceptors (Lipinski definition) is 5. The molecular weight excluding hydrogens is 268 g/mol. The van der Waals surface area contributed by atoms with Gasteiger partial charge >= 0.3 is 0 Å². The molecule has 112 valence electrons. The van der Waals surface area contributed by atoms with E-state index >= 15 is 0 Å². The van der Waals surface area contributed by atoms with Gasteiger partial charge in [-0.05, 0) is 43.1 Å². The molecule has 2 heterocycles. The summed E-state index contributed by atoms with van der Waals surface area (Å²) in [5.41, 5.74) is 1.21. The third kappa shape index (κ3) is 4.27. The summed E-state index contributed by atoms with van der Waals surface area (Å²) in [4.78, 5) is 8.81. The fraction of sp³-hybridized carbons (Fsp3) is 0.733. The molecule has 1 aliphatic heterocycles. The zero-order valence-electron chi connectivity index (χ0n) is 12.6. The van der Waals surface area contributed by atoms with Crippen LogP contribution < -0.4 is 10.6 Å². The number of hydrogen-bond donors (Lipinski definition) is 2. The van der Waals surface area contributed by atoms with Gasteiger partial charge in [-0.2, -0.15) is 11.8 Å². The molecule has 1 aromatic rings. The minimum atomic E-state index is 0.794. The van der Waals surface area contributed by atoms with Gasteiger partial charge in [0.1, 0.15) is 18.0 Å². The molecule has 0 saturated carbocycles. The lowest BCUT2D eigenvalue weighted by atomic mass is 10.0. The van der Waals surface area contributed by atoms with E-state index in [4.69, 9.17) is 0 Å². The highest BCUT2D eigenvalue weighted by Crippen LogP contribution is 2.25. The van der Waals surface area contributed by atoms with Crippen molar-refractivity contribution in [2.45, 2.75) is 39.5 Å². The van der Waals surface area contributed by atoms with Gasteiger partial charge in [0, 0.05) is 18.7 Å². The second kappa shape index (κ2) is 8.35. The van der Waals surface area contributed by atoms with Gasteiger partial charge in [-0.3, -0.25) is 0 Å². The summed E-state index contributed by atoms with van der Waals surface area (Å²) >= 11 is 2.08. The summed E-state index contributed by atoms with van der Waals surface area (Å²) in [6, 6.07) is 0. The maximum atomic E-state index is 4.44. The third-order valence-electron chi connectivity index (χ3n) is 3.74.